The van der Waals surface area contributed by atoms with Crippen LogP contribution in [0.25, 0.3) is 6.08 Å². The van der Waals surface area contributed by atoms with Gasteiger partial charge in [0.1, 0.15) is 12.4 Å². The molecule has 5 nitrogen and oxygen atoms in total. The van der Waals surface area contributed by atoms with Gasteiger partial charge in [0.05, 0.1) is 6.04 Å². The summed E-state index contributed by atoms with van der Waals surface area (Å²) in [5, 5.41) is 4.32. The van der Waals surface area contributed by atoms with Crippen molar-refractivity contribution in [1.29, 1.82) is 0 Å². The minimum Gasteiger partial charge on any atom is -0.489 e. The zero-order chi connectivity index (χ0) is 19.9. The maximum atomic E-state index is 12.7. The first kappa shape index (κ1) is 19.0. The van der Waals surface area contributed by atoms with E-state index in [-0.39, 0.29) is 11.9 Å². The van der Waals surface area contributed by atoms with E-state index in [1.807, 2.05) is 82.5 Å². The molecule has 5 heteroatoms. The first-order valence-electron chi connectivity index (χ1n) is 10.0. The molecule has 1 unspecified atom stereocenters. The number of carbonyl (C=O) groups excluding carboxylic acids is 1. The summed E-state index contributed by atoms with van der Waals surface area (Å²) in [4.78, 5) is 14.6. The first-order valence-corrected chi connectivity index (χ1v) is 10.0. The second-order valence-electron chi connectivity index (χ2n) is 7.25. The molecule has 0 bridgehead atoms. The van der Waals surface area contributed by atoms with Crippen molar-refractivity contribution < 1.29 is 9.53 Å². The minimum absolute atomic E-state index is 0.0393. The lowest BCUT2D eigenvalue weighted by molar-refractivity contribution is -0.127. The molecule has 1 atom stereocenters. The Kier molecular flexibility index (Phi) is 6.05. The average molecular weight is 387 g/mol. The Balaban J connectivity index is 1.35. The third-order valence-electron chi connectivity index (χ3n) is 5.13. The molecule has 3 aromatic rings. The van der Waals surface area contributed by atoms with E-state index in [9.17, 15) is 4.79 Å². The van der Waals surface area contributed by atoms with Gasteiger partial charge in [-0.2, -0.15) is 5.10 Å². The molecular formula is C24H25N3O2. The molecule has 0 aliphatic carbocycles. The highest BCUT2D eigenvalue weighted by Gasteiger charge is 2.23. The summed E-state index contributed by atoms with van der Waals surface area (Å²) in [5.41, 5.74) is 2.07. The topological polar surface area (TPSA) is 47.4 Å². The highest BCUT2D eigenvalue weighted by molar-refractivity contribution is 5.91. The summed E-state index contributed by atoms with van der Waals surface area (Å²) >= 11 is 0. The Morgan fingerprint density at radius 1 is 1.14 bits per heavy atom. The fourth-order valence-electron chi connectivity index (χ4n) is 3.59. The molecule has 1 aliphatic rings. The fraction of sp³-hybridized carbons (Fsp3) is 0.250. The third-order valence-corrected chi connectivity index (χ3v) is 5.13. The van der Waals surface area contributed by atoms with E-state index in [2.05, 4.69) is 5.10 Å². The van der Waals surface area contributed by atoms with Crippen molar-refractivity contribution in [3.63, 3.8) is 0 Å². The molecule has 1 aliphatic heterocycles. The molecule has 4 rings (SSSR count). The SMILES string of the molecule is O=C(/C=C/c1cccc(OCc2ccccc2)c1)N1CCCC(n2cccn2)C1. The number of rotatable bonds is 6. The van der Waals surface area contributed by atoms with Crippen molar-refractivity contribution in [2.75, 3.05) is 13.1 Å². The second kappa shape index (κ2) is 9.24. The van der Waals surface area contributed by atoms with Crippen LogP contribution in [0.2, 0.25) is 0 Å². The molecule has 1 saturated heterocycles. The van der Waals surface area contributed by atoms with Crippen LogP contribution in [0.5, 0.6) is 5.75 Å². The van der Waals surface area contributed by atoms with Gasteiger partial charge in [0.2, 0.25) is 5.91 Å². The Morgan fingerprint density at radius 2 is 2.03 bits per heavy atom. The van der Waals surface area contributed by atoms with Gasteiger partial charge < -0.3 is 9.64 Å². The van der Waals surface area contributed by atoms with Gasteiger partial charge in [0.25, 0.3) is 0 Å². The monoisotopic (exact) mass is 387 g/mol. The standard InChI is InChI=1S/C24H25N3O2/c28-24(26-15-5-10-22(18-26)27-16-6-14-25-27)13-12-20-9-4-11-23(17-20)29-19-21-7-2-1-3-8-21/h1-4,6-9,11-14,16-17,22H,5,10,15,18-19H2/b13-12+. The lowest BCUT2D eigenvalue weighted by Gasteiger charge is -2.32. The Labute approximate surface area is 171 Å². The molecule has 1 aromatic heterocycles. The lowest BCUT2D eigenvalue weighted by Crippen LogP contribution is -2.40. The van der Waals surface area contributed by atoms with Crippen LogP contribution in [0, 0.1) is 0 Å². The van der Waals surface area contributed by atoms with Crippen molar-refractivity contribution in [2.24, 2.45) is 0 Å². The summed E-state index contributed by atoms with van der Waals surface area (Å²) in [6.07, 6.45) is 9.31. The summed E-state index contributed by atoms with van der Waals surface area (Å²) in [6.45, 7) is 2.02. The van der Waals surface area contributed by atoms with E-state index in [1.54, 1.807) is 12.3 Å². The predicted molar refractivity (Wildman–Crippen MR) is 113 cm³/mol. The maximum Gasteiger partial charge on any atom is 0.246 e. The Morgan fingerprint density at radius 3 is 2.86 bits per heavy atom. The van der Waals surface area contributed by atoms with E-state index in [0.29, 0.717) is 13.2 Å². The molecular weight excluding hydrogens is 362 g/mol. The van der Waals surface area contributed by atoms with Crippen LogP contribution >= 0.6 is 0 Å². The number of carbonyl (C=O) groups is 1. The highest BCUT2D eigenvalue weighted by atomic mass is 16.5. The van der Waals surface area contributed by atoms with E-state index in [0.717, 1.165) is 36.3 Å². The average Bonchev–Trinajstić information content (AvgIpc) is 3.32. The molecule has 0 N–H and O–H groups in total. The van der Waals surface area contributed by atoms with E-state index in [4.69, 9.17) is 4.74 Å². The molecule has 1 amide bonds. The van der Waals surface area contributed by atoms with Gasteiger partial charge in [-0.25, -0.2) is 0 Å². The van der Waals surface area contributed by atoms with Gasteiger partial charge in [0.15, 0.2) is 0 Å². The first-order chi connectivity index (χ1) is 14.3. The van der Waals surface area contributed by atoms with Crippen LogP contribution in [0.3, 0.4) is 0 Å². The van der Waals surface area contributed by atoms with Gasteiger partial charge in [-0.05, 0) is 48.2 Å². The Bertz CT molecular complexity index is 951. The molecule has 1 fully saturated rings. The summed E-state index contributed by atoms with van der Waals surface area (Å²) < 4.78 is 7.83. The molecule has 148 valence electrons. The normalized spacial score (nSPS) is 16.8. The maximum absolute atomic E-state index is 12.7. The number of aromatic nitrogens is 2. The number of likely N-dealkylation sites (tertiary alicyclic amines) is 1. The number of ether oxygens (including phenoxy) is 1. The van der Waals surface area contributed by atoms with Crippen LogP contribution in [0.1, 0.15) is 30.0 Å². The molecule has 0 saturated carbocycles. The van der Waals surface area contributed by atoms with Crippen LogP contribution in [-0.4, -0.2) is 33.7 Å². The second-order valence-corrected chi connectivity index (χ2v) is 7.25. The summed E-state index contributed by atoms with van der Waals surface area (Å²) in [7, 11) is 0. The number of hydrogen-bond acceptors (Lipinski definition) is 3. The number of hydrogen-bond donors (Lipinski definition) is 0. The number of benzene rings is 2. The number of piperidine rings is 1. The van der Waals surface area contributed by atoms with E-state index >= 15 is 0 Å². The minimum atomic E-state index is 0.0393. The Hall–Kier alpha value is -3.34. The predicted octanol–water partition coefficient (Wildman–Crippen LogP) is 4.34. The smallest absolute Gasteiger partial charge is 0.246 e. The van der Waals surface area contributed by atoms with Crippen molar-refractivity contribution >= 4 is 12.0 Å². The van der Waals surface area contributed by atoms with Gasteiger partial charge in [-0.3, -0.25) is 9.48 Å². The van der Waals surface area contributed by atoms with Crippen molar-refractivity contribution in [3.8, 4) is 5.75 Å². The summed E-state index contributed by atoms with van der Waals surface area (Å²) in [6, 6.07) is 20.1. The lowest BCUT2D eigenvalue weighted by atomic mass is 10.1. The van der Waals surface area contributed by atoms with Gasteiger partial charge in [0, 0.05) is 31.6 Å². The van der Waals surface area contributed by atoms with E-state index < -0.39 is 0 Å². The van der Waals surface area contributed by atoms with Crippen molar-refractivity contribution in [1.82, 2.24) is 14.7 Å². The van der Waals surface area contributed by atoms with Crippen molar-refractivity contribution in [2.45, 2.75) is 25.5 Å². The van der Waals surface area contributed by atoms with Crippen LogP contribution < -0.4 is 4.74 Å². The van der Waals surface area contributed by atoms with Gasteiger partial charge >= 0.3 is 0 Å². The number of nitrogens with zero attached hydrogens (tertiary/aromatic N) is 3. The van der Waals surface area contributed by atoms with Crippen LogP contribution in [-0.2, 0) is 11.4 Å². The van der Waals surface area contributed by atoms with Gasteiger partial charge in [-0.1, -0.05) is 42.5 Å². The number of amides is 1. The van der Waals surface area contributed by atoms with Gasteiger partial charge in [-0.15, -0.1) is 0 Å². The molecule has 2 aromatic carbocycles. The molecule has 0 spiro atoms. The zero-order valence-corrected chi connectivity index (χ0v) is 16.4. The molecule has 0 radical (unpaired) electrons. The van der Waals surface area contributed by atoms with Crippen molar-refractivity contribution in [3.05, 3.63) is 90.3 Å². The highest BCUT2D eigenvalue weighted by Crippen LogP contribution is 2.21. The zero-order valence-electron chi connectivity index (χ0n) is 16.4. The molecule has 29 heavy (non-hydrogen) atoms. The fourth-order valence-corrected chi connectivity index (χ4v) is 3.59. The summed E-state index contributed by atoms with van der Waals surface area (Å²) in [5.74, 6) is 0.831. The largest absolute Gasteiger partial charge is 0.489 e. The van der Waals surface area contributed by atoms with Crippen LogP contribution in [0.4, 0.5) is 0 Å². The quantitative estimate of drug-likeness (QED) is 0.591. The van der Waals surface area contributed by atoms with Crippen LogP contribution in [0.15, 0.2) is 79.1 Å². The van der Waals surface area contributed by atoms with E-state index in [1.165, 1.54) is 0 Å². The molecule has 2 heterocycles. The third kappa shape index (κ3) is 5.13.